The zero-order chi connectivity index (χ0) is 18.1. The summed E-state index contributed by atoms with van der Waals surface area (Å²) in [6.07, 6.45) is 0.584. The average molecular weight is 359 g/mol. The van der Waals surface area contributed by atoms with Crippen LogP contribution in [0.3, 0.4) is 0 Å². The van der Waals surface area contributed by atoms with E-state index < -0.39 is 10.0 Å². The summed E-state index contributed by atoms with van der Waals surface area (Å²) < 4.78 is 33.5. The molecule has 1 aliphatic heterocycles. The molecule has 3 rings (SSSR count). The van der Waals surface area contributed by atoms with Gasteiger partial charge in [0.2, 0.25) is 10.0 Å². The summed E-state index contributed by atoms with van der Waals surface area (Å²) in [7, 11) is -3.53. The van der Waals surface area contributed by atoms with E-state index in [2.05, 4.69) is 31.6 Å². The third-order valence-corrected chi connectivity index (χ3v) is 6.01. The van der Waals surface area contributed by atoms with Crippen LogP contribution in [0.5, 0.6) is 0 Å². The fraction of sp³-hybridized carbons (Fsp3) is 0.400. The minimum absolute atomic E-state index is 0.000944. The minimum Gasteiger partial charge on any atom is -0.372 e. The fourth-order valence-electron chi connectivity index (χ4n) is 2.96. The van der Waals surface area contributed by atoms with Gasteiger partial charge in [-0.3, -0.25) is 0 Å². The second-order valence-electron chi connectivity index (χ2n) is 7.53. The van der Waals surface area contributed by atoms with E-state index in [1.165, 1.54) is 11.1 Å². The van der Waals surface area contributed by atoms with Crippen LogP contribution in [0.25, 0.3) is 0 Å². The van der Waals surface area contributed by atoms with Crippen LogP contribution in [0.1, 0.15) is 37.5 Å². The lowest BCUT2D eigenvalue weighted by Crippen LogP contribution is -2.36. The summed E-state index contributed by atoms with van der Waals surface area (Å²) in [4.78, 5) is 0.289. The van der Waals surface area contributed by atoms with Crippen molar-refractivity contribution < 1.29 is 13.2 Å². The van der Waals surface area contributed by atoms with Gasteiger partial charge in [0.1, 0.15) is 0 Å². The van der Waals surface area contributed by atoms with Gasteiger partial charge in [-0.2, -0.15) is 0 Å². The number of benzene rings is 2. The van der Waals surface area contributed by atoms with Gasteiger partial charge in [-0.1, -0.05) is 57.2 Å². The second kappa shape index (κ2) is 6.90. The number of ether oxygens (including phenoxy) is 1. The third kappa shape index (κ3) is 4.29. The Balaban J connectivity index is 1.65. The quantitative estimate of drug-likeness (QED) is 0.910. The molecule has 1 heterocycles. The van der Waals surface area contributed by atoms with Crippen molar-refractivity contribution in [1.82, 2.24) is 4.72 Å². The summed E-state index contributed by atoms with van der Waals surface area (Å²) in [6, 6.07) is 15.2. The highest BCUT2D eigenvalue weighted by atomic mass is 32.2. The van der Waals surface area contributed by atoms with Crippen LogP contribution >= 0.6 is 0 Å². The molecule has 0 saturated carbocycles. The molecule has 134 valence electrons. The first-order valence-electron chi connectivity index (χ1n) is 8.54. The lowest BCUT2D eigenvalue weighted by Gasteiger charge is -2.25. The Hall–Kier alpha value is -1.69. The number of sulfonamides is 1. The molecule has 25 heavy (non-hydrogen) atoms. The largest absolute Gasteiger partial charge is 0.372 e. The first-order valence-corrected chi connectivity index (χ1v) is 10.0. The molecule has 4 nitrogen and oxygen atoms in total. The van der Waals surface area contributed by atoms with Crippen molar-refractivity contribution in [2.75, 3.05) is 6.54 Å². The van der Waals surface area contributed by atoms with Gasteiger partial charge in [0, 0.05) is 13.0 Å². The van der Waals surface area contributed by atoms with E-state index in [4.69, 9.17) is 4.74 Å². The van der Waals surface area contributed by atoms with E-state index in [0.29, 0.717) is 6.61 Å². The van der Waals surface area contributed by atoms with Crippen molar-refractivity contribution in [3.05, 3.63) is 65.2 Å². The van der Waals surface area contributed by atoms with Crippen LogP contribution in [-0.2, 0) is 33.2 Å². The average Bonchev–Trinajstić information content (AvgIpc) is 2.59. The van der Waals surface area contributed by atoms with Crippen LogP contribution < -0.4 is 4.72 Å². The van der Waals surface area contributed by atoms with Gasteiger partial charge in [0.15, 0.2) is 0 Å². The summed E-state index contributed by atoms with van der Waals surface area (Å²) >= 11 is 0. The number of hydrogen-bond donors (Lipinski definition) is 1. The molecule has 0 aliphatic carbocycles. The molecule has 2 aromatic carbocycles. The maximum Gasteiger partial charge on any atom is 0.240 e. The number of rotatable bonds is 4. The highest BCUT2D eigenvalue weighted by Gasteiger charge is 2.22. The van der Waals surface area contributed by atoms with Crippen molar-refractivity contribution in [3.63, 3.8) is 0 Å². The van der Waals surface area contributed by atoms with Gasteiger partial charge in [-0.15, -0.1) is 0 Å². The van der Waals surface area contributed by atoms with Gasteiger partial charge in [-0.05, 0) is 34.2 Å². The number of fused-ring (bicyclic) bond motifs is 1. The Labute approximate surface area is 150 Å². The molecule has 1 aliphatic rings. The predicted octanol–water partition coefficient (Wildman–Crippen LogP) is 3.40. The fourth-order valence-corrected chi connectivity index (χ4v) is 4.03. The molecule has 1 atom stereocenters. The van der Waals surface area contributed by atoms with Crippen molar-refractivity contribution in [2.45, 2.75) is 50.2 Å². The van der Waals surface area contributed by atoms with Crippen LogP contribution in [0.4, 0.5) is 0 Å². The molecule has 0 saturated heterocycles. The monoisotopic (exact) mass is 359 g/mol. The SMILES string of the molecule is CC(C)(C)c1ccc(S(=O)(=O)NCC2Cc3ccccc3CO2)cc1. The van der Waals surface area contributed by atoms with E-state index in [1.54, 1.807) is 12.1 Å². The van der Waals surface area contributed by atoms with Crippen molar-refractivity contribution >= 4 is 10.0 Å². The molecule has 0 fully saturated rings. The van der Waals surface area contributed by atoms with Crippen LogP contribution in [0.2, 0.25) is 0 Å². The van der Waals surface area contributed by atoms with Gasteiger partial charge < -0.3 is 4.74 Å². The highest BCUT2D eigenvalue weighted by molar-refractivity contribution is 7.89. The van der Waals surface area contributed by atoms with Crippen molar-refractivity contribution in [2.24, 2.45) is 0 Å². The first kappa shape index (κ1) is 18.1. The Bertz CT molecular complexity index is 836. The lowest BCUT2D eigenvalue weighted by molar-refractivity contribution is 0.0322. The highest BCUT2D eigenvalue weighted by Crippen LogP contribution is 2.24. The van der Waals surface area contributed by atoms with E-state index in [-0.39, 0.29) is 23.0 Å². The molecule has 0 bridgehead atoms. The van der Waals surface area contributed by atoms with Crippen LogP contribution in [0.15, 0.2) is 53.4 Å². The smallest absolute Gasteiger partial charge is 0.240 e. The van der Waals surface area contributed by atoms with Crippen molar-refractivity contribution in [3.8, 4) is 0 Å². The second-order valence-corrected chi connectivity index (χ2v) is 9.30. The Kier molecular flexibility index (Phi) is 5.00. The molecular formula is C20H25NO3S. The zero-order valence-electron chi connectivity index (χ0n) is 15.0. The van der Waals surface area contributed by atoms with E-state index in [0.717, 1.165) is 12.0 Å². The normalized spacial score (nSPS) is 18.0. The predicted molar refractivity (Wildman–Crippen MR) is 99.1 cm³/mol. The number of hydrogen-bond acceptors (Lipinski definition) is 3. The molecule has 5 heteroatoms. The minimum atomic E-state index is -3.53. The van der Waals surface area contributed by atoms with Gasteiger partial charge in [0.25, 0.3) is 0 Å². The molecule has 0 radical (unpaired) electrons. The molecule has 0 aromatic heterocycles. The van der Waals surface area contributed by atoms with Crippen LogP contribution in [0, 0.1) is 0 Å². The Morgan fingerprint density at radius 1 is 1.04 bits per heavy atom. The molecule has 0 spiro atoms. The first-order chi connectivity index (χ1) is 11.8. The maximum atomic E-state index is 12.5. The molecular weight excluding hydrogens is 334 g/mol. The van der Waals surface area contributed by atoms with Crippen LogP contribution in [-0.4, -0.2) is 21.1 Å². The Morgan fingerprint density at radius 3 is 2.32 bits per heavy atom. The maximum absolute atomic E-state index is 12.5. The zero-order valence-corrected chi connectivity index (χ0v) is 15.8. The molecule has 1 unspecified atom stereocenters. The lowest BCUT2D eigenvalue weighted by atomic mass is 9.87. The Morgan fingerprint density at radius 2 is 1.68 bits per heavy atom. The van der Waals surface area contributed by atoms with Crippen molar-refractivity contribution in [1.29, 1.82) is 0 Å². The molecule has 1 N–H and O–H groups in total. The summed E-state index contributed by atoms with van der Waals surface area (Å²) in [5, 5.41) is 0. The third-order valence-electron chi connectivity index (χ3n) is 4.57. The van der Waals surface area contributed by atoms with Gasteiger partial charge in [-0.25, -0.2) is 13.1 Å². The van der Waals surface area contributed by atoms with Gasteiger partial charge >= 0.3 is 0 Å². The van der Waals surface area contributed by atoms with E-state index in [9.17, 15) is 8.42 Å². The van der Waals surface area contributed by atoms with Gasteiger partial charge in [0.05, 0.1) is 17.6 Å². The number of nitrogens with one attached hydrogen (secondary N) is 1. The van der Waals surface area contributed by atoms with E-state index in [1.807, 2.05) is 30.3 Å². The molecule has 2 aromatic rings. The molecule has 0 amide bonds. The summed E-state index contributed by atoms with van der Waals surface area (Å²) in [5.74, 6) is 0. The standard InChI is InChI=1S/C20H25NO3S/c1-20(2,3)17-8-10-19(11-9-17)25(22,23)21-13-18-12-15-6-4-5-7-16(15)14-24-18/h4-11,18,21H,12-14H2,1-3H3. The summed E-state index contributed by atoms with van der Waals surface area (Å²) in [5.41, 5.74) is 3.52. The summed E-state index contributed by atoms with van der Waals surface area (Å²) in [6.45, 7) is 7.12. The topological polar surface area (TPSA) is 55.4 Å². The van der Waals surface area contributed by atoms with E-state index >= 15 is 0 Å².